The van der Waals surface area contributed by atoms with Crippen LogP contribution in [0.5, 0.6) is 0 Å². The molecule has 1 amide bonds. The Labute approximate surface area is 113 Å². The van der Waals surface area contributed by atoms with Gasteiger partial charge in [-0.05, 0) is 43.5 Å². The van der Waals surface area contributed by atoms with Crippen molar-refractivity contribution in [2.75, 3.05) is 24.5 Å². The number of anilines is 1. The molecule has 1 fully saturated rings. The third-order valence-electron chi connectivity index (χ3n) is 3.56. The van der Waals surface area contributed by atoms with Gasteiger partial charge in [0, 0.05) is 37.8 Å². The van der Waals surface area contributed by atoms with Gasteiger partial charge < -0.3 is 10.2 Å². The van der Waals surface area contributed by atoms with E-state index in [4.69, 9.17) is 0 Å². The summed E-state index contributed by atoms with van der Waals surface area (Å²) in [6.45, 7) is 5.84. The summed E-state index contributed by atoms with van der Waals surface area (Å²) in [5.41, 5.74) is 1.90. The molecule has 0 aliphatic carbocycles. The van der Waals surface area contributed by atoms with Gasteiger partial charge in [0.2, 0.25) is 5.91 Å². The second-order valence-corrected chi connectivity index (χ2v) is 5.14. The highest BCUT2D eigenvalue weighted by Crippen LogP contribution is 2.23. The Hall–Kier alpha value is -1.84. The second-order valence-electron chi connectivity index (χ2n) is 5.14. The van der Waals surface area contributed by atoms with Crippen molar-refractivity contribution in [2.45, 2.75) is 20.3 Å². The Morgan fingerprint density at radius 1 is 1.26 bits per heavy atom. The second kappa shape index (κ2) is 5.87. The SMILES string of the molecule is CC(=O)NC[C@@H]1CCN(c2ccc(C(C)=O)cc2)C1. The highest BCUT2D eigenvalue weighted by molar-refractivity contribution is 5.94. The molecule has 1 aliphatic rings. The van der Waals surface area contributed by atoms with Gasteiger partial charge in [-0.1, -0.05) is 0 Å². The van der Waals surface area contributed by atoms with Gasteiger partial charge in [-0.25, -0.2) is 0 Å². The van der Waals surface area contributed by atoms with Crippen molar-refractivity contribution in [1.29, 1.82) is 0 Å². The van der Waals surface area contributed by atoms with Gasteiger partial charge in [0.05, 0.1) is 0 Å². The molecule has 1 aliphatic heterocycles. The summed E-state index contributed by atoms with van der Waals surface area (Å²) >= 11 is 0. The predicted molar refractivity (Wildman–Crippen MR) is 75.5 cm³/mol. The van der Waals surface area contributed by atoms with Crippen molar-refractivity contribution >= 4 is 17.4 Å². The molecule has 1 N–H and O–H groups in total. The first-order chi connectivity index (χ1) is 9.06. The normalized spacial score (nSPS) is 18.4. The number of benzene rings is 1. The number of carbonyl (C=O) groups is 2. The largest absolute Gasteiger partial charge is 0.371 e. The van der Waals surface area contributed by atoms with Crippen LogP contribution in [-0.2, 0) is 4.79 Å². The molecule has 102 valence electrons. The summed E-state index contributed by atoms with van der Waals surface area (Å²) < 4.78 is 0. The monoisotopic (exact) mass is 260 g/mol. The number of hydrogen-bond donors (Lipinski definition) is 1. The van der Waals surface area contributed by atoms with Gasteiger partial charge in [0.1, 0.15) is 0 Å². The minimum Gasteiger partial charge on any atom is -0.371 e. The van der Waals surface area contributed by atoms with Crippen molar-refractivity contribution in [2.24, 2.45) is 5.92 Å². The highest BCUT2D eigenvalue weighted by Gasteiger charge is 2.22. The van der Waals surface area contributed by atoms with E-state index in [2.05, 4.69) is 10.2 Å². The molecule has 19 heavy (non-hydrogen) atoms. The van der Waals surface area contributed by atoms with Crippen LogP contribution in [0, 0.1) is 5.92 Å². The molecule has 1 saturated heterocycles. The molecule has 4 nitrogen and oxygen atoms in total. The third-order valence-corrected chi connectivity index (χ3v) is 3.56. The number of ketones is 1. The number of hydrogen-bond acceptors (Lipinski definition) is 3. The lowest BCUT2D eigenvalue weighted by atomic mass is 10.1. The maximum Gasteiger partial charge on any atom is 0.216 e. The van der Waals surface area contributed by atoms with Gasteiger partial charge in [-0.15, -0.1) is 0 Å². The summed E-state index contributed by atoms with van der Waals surface area (Å²) in [6.07, 6.45) is 1.09. The Balaban J connectivity index is 1.93. The molecule has 1 aromatic carbocycles. The highest BCUT2D eigenvalue weighted by atomic mass is 16.1. The van der Waals surface area contributed by atoms with Crippen LogP contribution in [0.1, 0.15) is 30.6 Å². The lowest BCUT2D eigenvalue weighted by molar-refractivity contribution is -0.119. The van der Waals surface area contributed by atoms with Crippen molar-refractivity contribution in [3.8, 4) is 0 Å². The number of Topliss-reactive ketones (excluding diaryl/α,β-unsaturated/α-hetero) is 1. The van der Waals surface area contributed by atoms with Gasteiger partial charge in [0.15, 0.2) is 5.78 Å². The van der Waals surface area contributed by atoms with Crippen LogP contribution in [0.2, 0.25) is 0 Å². The van der Waals surface area contributed by atoms with Crippen LogP contribution in [0.3, 0.4) is 0 Å². The van der Waals surface area contributed by atoms with Crippen molar-refractivity contribution in [1.82, 2.24) is 5.32 Å². The van der Waals surface area contributed by atoms with E-state index in [9.17, 15) is 9.59 Å². The molecule has 0 saturated carbocycles. The number of rotatable bonds is 4. The van der Waals surface area contributed by atoms with Crippen molar-refractivity contribution in [3.05, 3.63) is 29.8 Å². The quantitative estimate of drug-likeness (QED) is 0.841. The zero-order valence-corrected chi connectivity index (χ0v) is 11.5. The summed E-state index contributed by atoms with van der Waals surface area (Å²) in [4.78, 5) is 24.4. The lowest BCUT2D eigenvalue weighted by Gasteiger charge is -2.19. The molecular formula is C15H20N2O2. The molecule has 1 aromatic rings. The van der Waals surface area contributed by atoms with Gasteiger partial charge in [-0.2, -0.15) is 0 Å². The van der Waals surface area contributed by atoms with E-state index in [0.29, 0.717) is 5.92 Å². The molecule has 0 unspecified atom stereocenters. The van der Waals surface area contributed by atoms with E-state index in [1.54, 1.807) is 13.8 Å². The van der Waals surface area contributed by atoms with Gasteiger partial charge >= 0.3 is 0 Å². The van der Waals surface area contributed by atoms with E-state index < -0.39 is 0 Å². The number of nitrogens with zero attached hydrogens (tertiary/aromatic N) is 1. The smallest absolute Gasteiger partial charge is 0.216 e. The number of amides is 1. The fraction of sp³-hybridized carbons (Fsp3) is 0.467. The van der Waals surface area contributed by atoms with Gasteiger partial charge in [0.25, 0.3) is 0 Å². The Morgan fingerprint density at radius 3 is 2.53 bits per heavy atom. The third kappa shape index (κ3) is 3.56. The zero-order valence-electron chi connectivity index (χ0n) is 11.5. The van der Waals surface area contributed by atoms with Crippen LogP contribution >= 0.6 is 0 Å². The molecule has 0 bridgehead atoms. The van der Waals surface area contributed by atoms with Crippen LogP contribution in [0.25, 0.3) is 0 Å². The molecule has 0 radical (unpaired) electrons. The van der Waals surface area contributed by atoms with E-state index >= 15 is 0 Å². The van der Waals surface area contributed by atoms with E-state index in [1.165, 1.54) is 0 Å². The molecule has 2 rings (SSSR count). The van der Waals surface area contributed by atoms with E-state index in [1.807, 2.05) is 24.3 Å². The van der Waals surface area contributed by atoms with E-state index in [0.717, 1.165) is 37.3 Å². The standard InChI is InChI=1S/C15H20N2O2/c1-11(18)14-3-5-15(6-4-14)17-8-7-13(10-17)9-16-12(2)19/h3-6,13H,7-10H2,1-2H3,(H,16,19)/t13-/m0/s1. The fourth-order valence-corrected chi connectivity index (χ4v) is 2.43. The van der Waals surface area contributed by atoms with Crippen LogP contribution in [0.4, 0.5) is 5.69 Å². The summed E-state index contributed by atoms with van der Waals surface area (Å²) in [5, 5.41) is 2.87. The number of nitrogens with one attached hydrogen (secondary N) is 1. The molecule has 4 heteroatoms. The Bertz CT molecular complexity index is 468. The van der Waals surface area contributed by atoms with Gasteiger partial charge in [-0.3, -0.25) is 9.59 Å². The zero-order chi connectivity index (χ0) is 13.8. The summed E-state index contributed by atoms with van der Waals surface area (Å²) in [5.74, 6) is 0.636. The molecule has 0 aromatic heterocycles. The average molecular weight is 260 g/mol. The predicted octanol–water partition coefficient (Wildman–Crippen LogP) is 1.85. The number of carbonyl (C=O) groups excluding carboxylic acids is 2. The molecule has 0 spiro atoms. The van der Waals surface area contributed by atoms with Crippen molar-refractivity contribution in [3.63, 3.8) is 0 Å². The first-order valence-electron chi connectivity index (χ1n) is 6.66. The Kier molecular flexibility index (Phi) is 4.20. The molecule has 1 atom stereocenters. The lowest BCUT2D eigenvalue weighted by Crippen LogP contribution is -2.29. The van der Waals surface area contributed by atoms with Crippen LogP contribution in [0.15, 0.2) is 24.3 Å². The minimum atomic E-state index is 0.0317. The van der Waals surface area contributed by atoms with E-state index in [-0.39, 0.29) is 11.7 Å². The van der Waals surface area contributed by atoms with Crippen LogP contribution in [-0.4, -0.2) is 31.3 Å². The van der Waals surface area contributed by atoms with Crippen LogP contribution < -0.4 is 10.2 Å². The maximum atomic E-state index is 11.2. The summed E-state index contributed by atoms with van der Waals surface area (Å²) in [6, 6.07) is 7.74. The first-order valence-corrected chi connectivity index (χ1v) is 6.66. The summed E-state index contributed by atoms with van der Waals surface area (Å²) in [7, 11) is 0. The average Bonchev–Trinajstić information content (AvgIpc) is 2.85. The Morgan fingerprint density at radius 2 is 1.95 bits per heavy atom. The topological polar surface area (TPSA) is 49.4 Å². The minimum absolute atomic E-state index is 0.0317. The first kappa shape index (κ1) is 13.6. The van der Waals surface area contributed by atoms with Crippen molar-refractivity contribution < 1.29 is 9.59 Å². The molecule has 1 heterocycles. The molecular weight excluding hydrogens is 240 g/mol. The fourth-order valence-electron chi connectivity index (χ4n) is 2.43. The maximum absolute atomic E-state index is 11.2.